The monoisotopic (exact) mass is 285 g/mol. The molecule has 0 amide bonds. The van der Waals surface area contributed by atoms with Gasteiger partial charge in [-0.05, 0) is 16.8 Å². The second-order valence-corrected chi connectivity index (χ2v) is 5.30. The summed E-state index contributed by atoms with van der Waals surface area (Å²) in [6.45, 7) is 1.40. The van der Waals surface area contributed by atoms with Gasteiger partial charge in [0.2, 0.25) is 0 Å². The molecular formula is C17H19NO3. The maximum Gasteiger partial charge on any atom is 0.310 e. The number of rotatable bonds is 3. The predicted molar refractivity (Wildman–Crippen MR) is 81.6 cm³/mol. The lowest BCUT2D eigenvalue weighted by Gasteiger charge is -2.21. The highest BCUT2D eigenvalue weighted by molar-refractivity contribution is 5.89. The van der Waals surface area contributed by atoms with E-state index >= 15 is 0 Å². The summed E-state index contributed by atoms with van der Waals surface area (Å²) in [7, 11) is 3.11. The number of fused-ring (bicyclic) bond motifs is 1. The van der Waals surface area contributed by atoms with Gasteiger partial charge >= 0.3 is 5.97 Å². The van der Waals surface area contributed by atoms with Gasteiger partial charge in [-0.25, -0.2) is 0 Å². The van der Waals surface area contributed by atoms with Gasteiger partial charge in [-0.1, -0.05) is 30.3 Å². The zero-order chi connectivity index (χ0) is 14.8. The van der Waals surface area contributed by atoms with Crippen molar-refractivity contribution in [1.82, 2.24) is 5.32 Å². The lowest BCUT2D eigenvalue weighted by atomic mass is 9.85. The SMILES string of the molecule is COC(=O)C1CNCC1c1c(OC)ccc2ccccc12. The first kappa shape index (κ1) is 13.9. The summed E-state index contributed by atoms with van der Waals surface area (Å²) in [4.78, 5) is 12.0. The molecule has 1 aliphatic rings. The molecule has 0 radical (unpaired) electrons. The number of ether oxygens (including phenoxy) is 2. The summed E-state index contributed by atoms with van der Waals surface area (Å²) >= 11 is 0. The first-order valence-electron chi connectivity index (χ1n) is 7.10. The fraction of sp³-hybridized carbons (Fsp3) is 0.353. The van der Waals surface area contributed by atoms with Gasteiger partial charge < -0.3 is 14.8 Å². The summed E-state index contributed by atoms with van der Waals surface area (Å²) in [6.07, 6.45) is 0. The van der Waals surface area contributed by atoms with Gasteiger partial charge in [-0.15, -0.1) is 0 Å². The molecule has 4 nitrogen and oxygen atoms in total. The first-order chi connectivity index (χ1) is 10.3. The lowest BCUT2D eigenvalue weighted by Crippen LogP contribution is -2.23. The van der Waals surface area contributed by atoms with Gasteiger partial charge in [0.25, 0.3) is 0 Å². The van der Waals surface area contributed by atoms with Crippen LogP contribution in [0.5, 0.6) is 5.75 Å². The minimum absolute atomic E-state index is 0.0681. The van der Waals surface area contributed by atoms with Crippen molar-refractivity contribution in [3.05, 3.63) is 42.0 Å². The van der Waals surface area contributed by atoms with E-state index in [9.17, 15) is 4.79 Å². The van der Waals surface area contributed by atoms with Crippen LogP contribution >= 0.6 is 0 Å². The fourth-order valence-corrected chi connectivity index (χ4v) is 3.22. The summed E-state index contributed by atoms with van der Waals surface area (Å²) < 4.78 is 10.5. The Hall–Kier alpha value is -2.07. The topological polar surface area (TPSA) is 47.6 Å². The molecule has 1 aliphatic heterocycles. The molecule has 0 saturated carbocycles. The van der Waals surface area contributed by atoms with E-state index in [0.29, 0.717) is 6.54 Å². The van der Waals surface area contributed by atoms with Crippen LogP contribution in [0.4, 0.5) is 0 Å². The molecule has 1 saturated heterocycles. The smallest absolute Gasteiger partial charge is 0.310 e. The Labute approximate surface area is 124 Å². The van der Waals surface area contributed by atoms with E-state index in [2.05, 4.69) is 17.4 Å². The summed E-state index contributed by atoms with van der Waals surface area (Å²) in [5.41, 5.74) is 1.09. The second kappa shape index (κ2) is 5.74. The number of carbonyl (C=O) groups excluding carboxylic acids is 1. The zero-order valence-corrected chi connectivity index (χ0v) is 12.3. The average molecular weight is 285 g/mol. The van der Waals surface area contributed by atoms with E-state index in [1.165, 1.54) is 7.11 Å². The van der Waals surface area contributed by atoms with Crippen molar-refractivity contribution in [3.8, 4) is 5.75 Å². The Morgan fingerprint density at radius 3 is 2.71 bits per heavy atom. The molecule has 0 aromatic heterocycles. The van der Waals surface area contributed by atoms with Gasteiger partial charge in [0.15, 0.2) is 0 Å². The summed E-state index contributed by atoms with van der Waals surface area (Å²) in [5, 5.41) is 5.59. The molecule has 21 heavy (non-hydrogen) atoms. The molecule has 110 valence electrons. The van der Waals surface area contributed by atoms with Gasteiger partial charge in [0.05, 0.1) is 20.1 Å². The van der Waals surface area contributed by atoms with E-state index in [-0.39, 0.29) is 17.8 Å². The molecular weight excluding hydrogens is 266 g/mol. The molecule has 4 heteroatoms. The largest absolute Gasteiger partial charge is 0.496 e. The maximum absolute atomic E-state index is 12.0. The first-order valence-corrected chi connectivity index (χ1v) is 7.10. The van der Waals surface area contributed by atoms with Crippen molar-refractivity contribution in [1.29, 1.82) is 0 Å². The van der Waals surface area contributed by atoms with E-state index in [1.807, 2.05) is 24.3 Å². The van der Waals surface area contributed by atoms with Crippen LogP contribution in [0, 0.1) is 5.92 Å². The number of methoxy groups -OCH3 is 2. The molecule has 0 aliphatic carbocycles. The second-order valence-electron chi connectivity index (χ2n) is 5.30. The van der Waals surface area contributed by atoms with Crippen molar-refractivity contribution in [2.75, 3.05) is 27.3 Å². The molecule has 2 unspecified atom stereocenters. The Balaban J connectivity index is 2.16. The third-order valence-electron chi connectivity index (χ3n) is 4.24. The number of hydrogen-bond acceptors (Lipinski definition) is 4. The maximum atomic E-state index is 12.0. The molecule has 1 fully saturated rings. The van der Waals surface area contributed by atoms with E-state index in [1.54, 1.807) is 7.11 Å². The number of hydrogen-bond donors (Lipinski definition) is 1. The van der Waals surface area contributed by atoms with Crippen molar-refractivity contribution >= 4 is 16.7 Å². The van der Waals surface area contributed by atoms with Gasteiger partial charge in [-0.2, -0.15) is 0 Å². The molecule has 2 atom stereocenters. The van der Waals surface area contributed by atoms with Crippen LogP contribution in [0.25, 0.3) is 10.8 Å². The van der Waals surface area contributed by atoms with Crippen molar-refractivity contribution in [3.63, 3.8) is 0 Å². The lowest BCUT2D eigenvalue weighted by molar-refractivity contribution is -0.145. The quantitative estimate of drug-likeness (QED) is 0.879. The van der Waals surface area contributed by atoms with Crippen LogP contribution in [0.2, 0.25) is 0 Å². The van der Waals surface area contributed by atoms with Gasteiger partial charge in [-0.3, -0.25) is 4.79 Å². The van der Waals surface area contributed by atoms with Crippen LogP contribution in [0.1, 0.15) is 11.5 Å². The summed E-state index contributed by atoms with van der Waals surface area (Å²) in [6, 6.07) is 12.2. The molecule has 3 rings (SSSR count). The summed E-state index contributed by atoms with van der Waals surface area (Å²) in [5.74, 6) is 0.560. The van der Waals surface area contributed by atoms with Gasteiger partial charge in [0.1, 0.15) is 5.75 Å². The number of carbonyl (C=O) groups is 1. The molecule has 1 heterocycles. The number of esters is 1. The van der Waals surface area contributed by atoms with Crippen LogP contribution in [-0.2, 0) is 9.53 Å². The Morgan fingerprint density at radius 1 is 1.14 bits per heavy atom. The standard InChI is InChI=1S/C17H19NO3/c1-20-15-8-7-11-5-3-4-6-12(11)16(15)13-9-18-10-14(13)17(19)21-2/h3-8,13-14,18H,9-10H2,1-2H3. The van der Waals surface area contributed by atoms with Crippen molar-refractivity contribution in [2.45, 2.75) is 5.92 Å². The third-order valence-corrected chi connectivity index (χ3v) is 4.24. The number of benzene rings is 2. The third kappa shape index (κ3) is 2.36. The zero-order valence-electron chi connectivity index (χ0n) is 12.3. The molecule has 1 N–H and O–H groups in total. The fourth-order valence-electron chi connectivity index (χ4n) is 3.22. The van der Waals surface area contributed by atoms with Gasteiger partial charge in [0, 0.05) is 24.6 Å². The highest BCUT2D eigenvalue weighted by atomic mass is 16.5. The minimum Gasteiger partial charge on any atom is -0.496 e. The van der Waals surface area contributed by atoms with Crippen LogP contribution in [0.3, 0.4) is 0 Å². The van der Waals surface area contributed by atoms with E-state index in [0.717, 1.165) is 28.6 Å². The normalized spacial score (nSPS) is 21.4. The Morgan fingerprint density at radius 2 is 1.95 bits per heavy atom. The van der Waals surface area contributed by atoms with E-state index in [4.69, 9.17) is 9.47 Å². The molecule has 2 aromatic carbocycles. The van der Waals surface area contributed by atoms with Crippen LogP contribution in [0.15, 0.2) is 36.4 Å². The van der Waals surface area contributed by atoms with E-state index < -0.39 is 0 Å². The molecule has 2 aromatic rings. The minimum atomic E-state index is -0.172. The average Bonchev–Trinajstić information content (AvgIpc) is 3.02. The van der Waals surface area contributed by atoms with Crippen LogP contribution < -0.4 is 10.1 Å². The molecule has 0 bridgehead atoms. The molecule has 0 spiro atoms. The van der Waals surface area contributed by atoms with Crippen molar-refractivity contribution < 1.29 is 14.3 Å². The predicted octanol–water partition coefficient (Wildman–Crippen LogP) is 2.32. The van der Waals surface area contributed by atoms with Crippen molar-refractivity contribution in [2.24, 2.45) is 5.92 Å². The highest BCUT2D eigenvalue weighted by Gasteiger charge is 2.37. The number of nitrogens with one attached hydrogen (secondary N) is 1. The highest BCUT2D eigenvalue weighted by Crippen LogP contribution is 2.39. The van der Waals surface area contributed by atoms with Crippen LogP contribution in [-0.4, -0.2) is 33.3 Å². The Bertz CT molecular complexity index is 668. The Kier molecular flexibility index (Phi) is 3.80.